The van der Waals surface area contributed by atoms with Crippen molar-refractivity contribution < 1.29 is 9.53 Å². The molecule has 0 N–H and O–H groups in total. The molecule has 0 aromatic rings. The van der Waals surface area contributed by atoms with E-state index in [1.807, 2.05) is 26.0 Å². The normalized spacial score (nSPS) is 22.9. The maximum absolute atomic E-state index is 13.8. The average Bonchev–Trinajstić information content (AvgIpc) is 3.00. The van der Waals surface area contributed by atoms with Crippen LogP contribution in [0.3, 0.4) is 0 Å². The molecule has 0 amide bonds. The second-order valence-corrected chi connectivity index (χ2v) is 13.3. The Balaban J connectivity index is 0.00000131. The minimum Gasteiger partial charge on any atom is -0.466 e. The van der Waals surface area contributed by atoms with Gasteiger partial charge in [0.15, 0.2) is 0 Å². The predicted molar refractivity (Wildman–Crippen MR) is 175 cm³/mol. The second-order valence-electron chi connectivity index (χ2n) is 13.3. The standard InChI is InChI=1S/C34H60O2.C4H8/c1-36-34(35)33(31-27-21-15-9-4-10-16-22-28-31)32(29-23-17-11-5-2-6-12-18-24-29)30-25-19-13-7-3-8-14-20-26-30;1-3-4-2/h29-31H,2-28H2,1H3;3-4H,1-2H3. The summed E-state index contributed by atoms with van der Waals surface area (Å²) in [6.07, 6.45) is 40.4. The summed E-state index contributed by atoms with van der Waals surface area (Å²) in [6, 6.07) is 0. The molecule has 0 radical (unpaired) electrons. The number of carbonyl (C=O) groups is 1. The number of rotatable bonds is 4. The molecule has 2 nitrogen and oxygen atoms in total. The SMILES string of the molecule is CC=CC.COC(=O)C(=C(C1CCCCCCCCC1)C1CCCCCCCCC1)C1CCCCCCCCC1. The maximum atomic E-state index is 13.8. The molecular weight excluding hydrogens is 488 g/mol. The van der Waals surface area contributed by atoms with Crippen molar-refractivity contribution >= 4 is 5.97 Å². The molecule has 2 heteroatoms. The van der Waals surface area contributed by atoms with Gasteiger partial charge in [-0.05, 0) is 70.1 Å². The lowest BCUT2D eigenvalue weighted by Gasteiger charge is -2.34. The molecule has 0 heterocycles. The zero-order chi connectivity index (χ0) is 28.7. The first-order valence-corrected chi connectivity index (χ1v) is 18.1. The van der Waals surface area contributed by atoms with E-state index in [4.69, 9.17) is 4.74 Å². The Kier molecular flexibility index (Phi) is 20.7. The van der Waals surface area contributed by atoms with E-state index in [-0.39, 0.29) is 5.97 Å². The zero-order valence-electron chi connectivity index (χ0n) is 27.3. The quantitative estimate of drug-likeness (QED) is 0.195. The van der Waals surface area contributed by atoms with E-state index < -0.39 is 0 Å². The summed E-state index contributed by atoms with van der Waals surface area (Å²) in [7, 11) is 1.65. The molecule has 3 fully saturated rings. The van der Waals surface area contributed by atoms with Crippen molar-refractivity contribution in [2.24, 2.45) is 17.8 Å². The van der Waals surface area contributed by atoms with Crippen LogP contribution in [0.25, 0.3) is 0 Å². The summed E-state index contributed by atoms with van der Waals surface area (Å²) in [4.78, 5) is 13.8. The predicted octanol–water partition coefficient (Wildman–Crippen LogP) is 12.5. The molecule has 0 aliphatic heterocycles. The van der Waals surface area contributed by atoms with E-state index in [0.717, 1.165) is 0 Å². The lowest BCUT2D eigenvalue weighted by molar-refractivity contribution is -0.137. The molecule has 3 aliphatic carbocycles. The Bertz CT molecular complexity index is 628. The third-order valence-corrected chi connectivity index (χ3v) is 10.2. The highest BCUT2D eigenvalue weighted by atomic mass is 16.5. The van der Waals surface area contributed by atoms with Crippen LogP contribution in [-0.2, 0) is 9.53 Å². The summed E-state index contributed by atoms with van der Waals surface area (Å²) in [6.45, 7) is 4.00. The van der Waals surface area contributed by atoms with Crippen LogP contribution in [-0.4, -0.2) is 13.1 Å². The van der Waals surface area contributed by atoms with Crippen molar-refractivity contribution in [2.75, 3.05) is 7.11 Å². The highest BCUT2D eigenvalue weighted by Gasteiger charge is 2.33. The number of allylic oxidation sites excluding steroid dienone is 3. The van der Waals surface area contributed by atoms with Gasteiger partial charge < -0.3 is 4.74 Å². The summed E-state index contributed by atoms with van der Waals surface area (Å²) in [5.41, 5.74) is 2.83. The highest BCUT2D eigenvalue weighted by Crippen LogP contribution is 2.42. The third kappa shape index (κ3) is 14.2. The summed E-state index contributed by atoms with van der Waals surface area (Å²) in [5.74, 6) is 1.69. The number of esters is 1. The smallest absolute Gasteiger partial charge is 0.333 e. The Labute approximate surface area is 250 Å². The molecule has 232 valence electrons. The lowest BCUT2D eigenvalue weighted by Crippen LogP contribution is -2.26. The van der Waals surface area contributed by atoms with Crippen LogP contribution >= 0.6 is 0 Å². The van der Waals surface area contributed by atoms with Crippen LogP contribution in [0.2, 0.25) is 0 Å². The van der Waals surface area contributed by atoms with Crippen molar-refractivity contribution in [3.05, 3.63) is 23.3 Å². The number of ether oxygens (including phenoxy) is 1. The fraction of sp³-hybridized carbons (Fsp3) is 0.868. The summed E-state index contributed by atoms with van der Waals surface area (Å²) < 4.78 is 5.66. The van der Waals surface area contributed by atoms with Gasteiger partial charge in [0.1, 0.15) is 0 Å². The number of hydrogen-bond acceptors (Lipinski definition) is 2. The van der Waals surface area contributed by atoms with Gasteiger partial charge in [0.25, 0.3) is 0 Å². The number of methoxy groups -OCH3 is 1. The molecule has 40 heavy (non-hydrogen) atoms. The molecular formula is C38H68O2. The van der Waals surface area contributed by atoms with E-state index in [9.17, 15) is 4.79 Å². The molecule has 3 aliphatic rings. The van der Waals surface area contributed by atoms with Gasteiger partial charge in [-0.15, -0.1) is 0 Å². The van der Waals surface area contributed by atoms with Crippen LogP contribution in [0.5, 0.6) is 0 Å². The summed E-state index contributed by atoms with van der Waals surface area (Å²) in [5, 5.41) is 0. The molecule has 0 unspecified atom stereocenters. The van der Waals surface area contributed by atoms with Crippen molar-refractivity contribution in [3.63, 3.8) is 0 Å². The van der Waals surface area contributed by atoms with Gasteiger partial charge in [-0.1, -0.05) is 153 Å². The fourth-order valence-electron chi connectivity index (χ4n) is 7.74. The Morgan fingerprint density at radius 1 is 0.450 bits per heavy atom. The highest BCUT2D eigenvalue weighted by molar-refractivity contribution is 5.90. The van der Waals surface area contributed by atoms with Gasteiger partial charge >= 0.3 is 5.97 Å². The first-order valence-electron chi connectivity index (χ1n) is 18.1. The molecule has 3 saturated carbocycles. The van der Waals surface area contributed by atoms with Crippen molar-refractivity contribution in [3.8, 4) is 0 Å². The first-order chi connectivity index (χ1) is 19.7. The lowest BCUT2D eigenvalue weighted by atomic mass is 9.71. The van der Waals surface area contributed by atoms with E-state index in [1.54, 1.807) is 12.7 Å². The van der Waals surface area contributed by atoms with E-state index >= 15 is 0 Å². The van der Waals surface area contributed by atoms with Crippen LogP contribution in [0.15, 0.2) is 23.3 Å². The van der Waals surface area contributed by atoms with Gasteiger partial charge in [0.05, 0.1) is 7.11 Å². The molecule has 0 spiro atoms. The molecule has 0 aromatic carbocycles. The molecule has 0 saturated heterocycles. The molecule has 0 aromatic heterocycles. The van der Waals surface area contributed by atoms with Crippen LogP contribution in [0, 0.1) is 17.8 Å². The van der Waals surface area contributed by atoms with Crippen LogP contribution < -0.4 is 0 Å². The van der Waals surface area contributed by atoms with Gasteiger partial charge in [-0.3, -0.25) is 0 Å². The molecule has 3 rings (SSSR count). The monoisotopic (exact) mass is 557 g/mol. The van der Waals surface area contributed by atoms with Crippen molar-refractivity contribution in [1.82, 2.24) is 0 Å². The van der Waals surface area contributed by atoms with Gasteiger partial charge in [0.2, 0.25) is 0 Å². The molecule has 0 bridgehead atoms. The minimum atomic E-state index is 0.0428. The van der Waals surface area contributed by atoms with Gasteiger partial charge in [-0.25, -0.2) is 4.79 Å². The fourth-order valence-corrected chi connectivity index (χ4v) is 7.74. The average molecular weight is 557 g/mol. The second kappa shape index (κ2) is 23.5. The van der Waals surface area contributed by atoms with Crippen molar-refractivity contribution in [2.45, 2.75) is 187 Å². The minimum absolute atomic E-state index is 0.0428. The maximum Gasteiger partial charge on any atom is 0.333 e. The van der Waals surface area contributed by atoms with Crippen LogP contribution in [0.4, 0.5) is 0 Å². The Hall–Kier alpha value is -1.05. The zero-order valence-corrected chi connectivity index (χ0v) is 27.3. The van der Waals surface area contributed by atoms with Crippen molar-refractivity contribution in [1.29, 1.82) is 0 Å². The Morgan fingerprint density at radius 3 is 0.950 bits per heavy atom. The Morgan fingerprint density at radius 2 is 0.700 bits per heavy atom. The topological polar surface area (TPSA) is 26.3 Å². The number of hydrogen-bond donors (Lipinski definition) is 0. The van der Waals surface area contributed by atoms with Crippen LogP contribution in [0.1, 0.15) is 187 Å². The third-order valence-electron chi connectivity index (χ3n) is 10.2. The van der Waals surface area contributed by atoms with E-state index in [2.05, 4.69) is 0 Å². The van der Waals surface area contributed by atoms with Gasteiger partial charge in [0, 0.05) is 5.57 Å². The molecule has 0 atom stereocenters. The number of carbonyl (C=O) groups excluding carboxylic acids is 1. The first kappa shape index (κ1) is 35.1. The van der Waals surface area contributed by atoms with E-state index in [1.165, 1.54) is 179 Å². The largest absolute Gasteiger partial charge is 0.466 e. The van der Waals surface area contributed by atoms with E-state index in [0.29, 0.717) is 17.8 Å². The van der Waals surface area contributed by atoms with Gasteiger partial charge in [-0.2, -0.15) is 0 Å². The summed E-state index contributed by atoms with van der Waals surface area (Å²) >= 11 is 0.